The van der Waals surface area contributed by atoms with E-state index in [0.717, 1.165) is 32.6 Å². The molecule has 2 aliphatic heterocycles. The monoisotopic (exact) mass is 276 g/mol. The molecule has 3 rings (SSSR count). The van der Waals surface area contributed by atoms with Gasteiger partial charge in [-0.2, -0.15) is 5.10 Å². The van der Waals surface area contributed by atoms with Gasteiger partial charge in [0.2, 0.25) is 5.91 Å². The fraction of sp³-hybridized carbons (Fsp3) is 0.733. The molecule has 0 radical (unpaired) electrons. The van der Waals surface area contributed by atoms with Gasteiger partial charge in [-0.1, -0.05) is 0 Å². The highest BCUT2D eigenvalue weighted by Crippen LogP contribution is 2.29. The van der Waals surface area contributed by atoms with Crippen molar-refractivity contribution < 1.29 is 4.79 Å². The number of carbonyl (C=O) groups excluding carboxylic acids is 1. The van der Waals surface area contributed by atoms with Gasteiger partial charge in [-0.15, -0.1) is 0 Å². The van der Waals surface area contributed by atoms with Crippen molar-refractivity contribution in [1.29, 1.82) is 0 Å². The molecule has 1 aromatic heterocycles. The maximum absolute atomic E-state index is 11.8. The van der Waals surface area contributed by atoms with E-state index in [0.29, 0.717) is 12.1 Å². The second-order valence-electron chi connectivity index (χ2n) is 5.94. The van der Waals surface area contributed by atoms with Crippen molar-refractivity contribution in [3.05, 3.63) is 18.5 Å². The molecule has 0 N–H and O–H groups in total. The van der Waals surface area contributed by atoms with Crippen LogP contribution in [-0.4, -0.2) is 57.2 Å². The molecular formula is C15H24N4O. The SMILES string of the molecule is CC(=O)N1CCC[C@@H]1[C@H]1CCCN1CCn1cccn1. The lowest BCUT2D eigenvalue weighted by molar-refractivity contribution is -0.130. The number of amides is 1. The Bertz CT molecular complexity index is 445. The number of hydrogen-bond acceptors (Lipinski definition) is 3. The first kappa shape index (κ1) is 13.6. The first-order chi connectivity index (χ1) is 9.75. The fourth-order valence-electron chi connectivity index (χ4n) is 3.81. The van der Waals surface area contributed by atoms with E-state index in [1.54, 1.807) is 6.92 Å². The molecule has 5 nitrogen and oxygen atoms in total. The maximum Gasteiger partial charge on any atom is 0.219 e. The Morgan fingerprint density at radius 2 is 2.00 bits per heavy atom. The number of hydrogen-bond donors (Lipinski definition) is 0. The molecule has 0 aliphatic carbocycles. The molecule has 5 heteroatoms. The van der Waals surface area contributed by atoms with Crippen LogP contribution in [0.4, 0.5) is 0 Å². The average molecular weight is 276 g/mol. The number of carbonyl (C=O) groups is 1. The third-order valence-electron chi connectivity index (χ3n) is 4.74. The molecule has 3 heterocycles. The van der Waals surface area contributed by atoms with Gasteiger partial charge in [0.25, 0.3) is 0 Å². The Morgan fingerprint density at radius 3 is 2.75 bits per heavy atom. The molecule has 1 aromatic rings. The van der Waals surface area contributed by atoms with Crippen molar-refractivity contribution in [2.24, 2.45) is 0 Å². The number of aromatic nitrogens is 2. The topological polar surface area (TPSA) is 41.4 Å². The van der Waals surface area contributed by atoms with Gasteiger partial charge in [0, 0.05) is 44.5 Å². The molecule has 2 fully saturated rings. The predicted molar refractivity (Wildman–Crippen MR) is 77.2 cm³/mol. The molecule has 2 atom stereocenters. The summed E-state index contributed by atoms with van der Waals surface area (Å²) in [6.45, 7) is 5.80. The number of rotatable bonds is 4. The van der Waals surface area contributed by atoms with Gasteiger partial charge in [0.05, 0.1) is 6.54 Å². The van der Waals surface area contributed by atoms with Crippen LogP contribution in [0, 0.1) is 0 Å². The largest absolute Gasteiger partial charge is 0.338 e. The van der Waals surface area contributed by atoms with Crippen molar-refractivity contribution in [3.8, 4) is 0 Å². The van der Waals surface area contributed by atoms with E-state index in [9.17, 15) is 4.79 Å². The summed E-state index contributed by atoms with van der Waals surface area (Å²) in [5.41, 5.74) is 0. The highest BCUT2D eigenvalue weighted by atomic mass is 16.2. The molecule has 2 aliphatic rings. The second kappa shape index (κ2) is 5.95. The van der Waals surface area contributed by atoms with Crippen molar-refractivity contribution in [3.63, 3.8) is 0 Å². The minimum Gasteiger partial charge on any atom is -0.338 e. The van der Waals surface area contributed by atoms with Gasteiger partial charge in [0.1, 0.15) is 0 Å². The van der Waals surface area contributed by atoms with Crippen LogP contribution in [0.5, 0.6) is 0 Å². The van der Waals surface area contributed by atoms with Crippen LogP contribution in [-0.2, 0) is 11.3 Å². The lowest BCUT2D eigenvalue weighted by atomic mass is 10.0. The molecule has 0 bridgehead atoms. The Kier molecular flexibility index (Phi) is 4.05. The zero-order valence-corrected chi connectivity index (χ0v) is 12.2. The molecule has 2 saturated heterocycles. The number of likely N-dealkylation sites (tertiary alicyclic amines) is 2. The van der Waals surface area contributed by atoms with E-state index in [4.69, 9.17) is 0 Å². The standard InChI is InChI=1S/C15H24N4O/c1-13(20)19-10-3-6-15(19)14-5-2-8-17(14)11-12-18-9-4-7-16-18/h4,7,9,14-15H,2-3,5-6,8,10-12H2,1H3/t14-,15-/m1/s1. The molecule has 0 aromatic carbocycles. The summed E-state index contributed by atoms with van der Waals surface area (Å²) in [5, 5.41) is 4.27. The zero-order chi connectivity index (χ0) is 13.9. The third-order valence-corrected chi connectivity index (χ3v) is 4.74. The van der Waals surface area contributed by atoms with Crippen molar-refractivity contribution >= 4 is 5.91 Å². The quantitative estimate of drug-likeness (QED) is 0.834. The smallest absolute Gasteiger partial charge is 0.219 e. The van der Waals surface area contributed by atoms with Crippen molar-refractivity contribution in [2.75, 3.05) is 19.6 Å². The summed E-state index contributed by atoms with van der Waals surface area (Å²) in [5.74, 6) is 0.242. The first-order valence-electron chi connectivity index (χ1n) is 7.74. The van der Waals surface area contributed by atoms with Gasteiger partial charge >= 0.3 is 0 Å². The van der Waals surface area contributed by atoms with Crippen LogP contribution >= 0.6 is 0 Å². The van der Waals surface area contributed by atoms with Crippen molar-refractivity contribution in [2.45, 2.75) is 51.2 Å². The summed E-state index contributed by atoms with van der Waals surface area (Å²) >= 11 is 0. The van der Waals surface area contributed by atoms with Gasteiger partial charge in [-0.05, 0) is 38.3 Å². The van der Waals surface area contributed by atoms with Crippen molar-refractivity contribution in [1.82, 2.24) is 19.6 Å². The number of nitrogens with zero attached hydrogens (tertiary/aromatic N) is 4. The lowest BCUT2D eigenvalue weighted by Crippen LogP contribution is -2.48. The molecule has 0 unspecified atom stereocenters. The zero-order valence-electron chi connectivity index (χ0n) is 12.2. The summed E-state index contributed by atoms with van der Waals surface area (Å²) in [4.78, 5) is 16.4. The van der Waals surface area contributed by atoms with Gasteiger partial charge < -0.3 is 4.90 Å². The Labute approximate surface area is 120 Å². The van der Waals surface area contributed by atoms with Crippen LogP contribution in [0.25, 0.3) is 0 Å². The molecule has 110 valence electrons. The normalized spacial score (nSPS) is 27.4. The van der Waals surface area contributed by atoms with E-state index >= 15 is 0 Å². The Balaban J connectivity index is 1.61. The van der Waals surface area contributed by atoms with Crippen LogP contribution in [0.3, 0.4) is 0 Å². The van der Waals surface area contributed by atoms with E-state index < -0.39 is 0 Å². The van der Waals surface area contributed by atoms with E-state index in [-0.39, 0.29) is 5.91 Å². The lowest BCUT2D eigenvalue weighted by Gasteiger charge is -2.34. The minimum absolute atomic E-state index is 0.242. The first-order valence-corrected chi connectivity index (χ1v) is 7.74. The Morgan fingerprint density at radius 1 is 1.20 bits per heavy atom. The second-order valence-corrected chi connectivity index (χ2v) is 5.94. The predicted octanol–water partition coefficient (Wildman–Crippen LogP) is 1.36. The third kappa shape index (κ3) is 2.73. The summed E-state index contributed by atoms with van der Waals surface area (Å²) in [6, 6.07) is 2.96. The summed E-state index contributed by atoms with van der Waals surface area (Å²) in [7, 11) is 0. The fourth-order valence-corrected chi connectivity index (χ4v) is 3.81. The van der Waals surface area contributed by atoms with Gasteiger partial charge in [0.15, 0.2) is 0 Å². The van der Waals surface area contributed by atoms with Crippen LogP contribution < -0.4 is 0 Å². The molecule has 0 saturated carbocycles. The van der Waals surface area contributed by atoms with Crippen LogP contribution in [0.15, 0.2) is 18.5 Å². The summed E-state index contributed by atoms with van der Waals surface area (Å²) in [6.07, 6.45) is 8.66. The summed E-state index contributed by atoms with van der Waals surface area (Å²) < 4.78 is 1.99. The van der Waals surface area contributed by atoms with E-state index in [1.807, 2.05) is 23.1 Å². The highest BCUT2D eigenvalue weighted by Gasteiger charge is 2.38. The minimum atomic E-state index is 0.242. The van der Waals surface area contributed by atoms with Crippen LogP contribution in [0.1, 0.15) is 32.6 Å². The molecule has 20 heavy (non-hydrogen) atoms. The average Bonchev–Trinajstić information content (AvgIpc) is 3.16. The van der Waals surface area contributed by atoms with Gasteiger partial charge in [-0.25, -0.2) is 0 Å². The highest BCUT2D eigenvalue weighted by molar-refractivity contribution is 5.74. The van der Waals surface area contributed by atoms with E-state index in [2.05, 4.69) is 14.9 Å². The molecule has 0 spiro atoms. The van der Waals surface area contributed by atoms with E-state index in [1.165, 1.54) is 19.3 Å². The molecular weight excluding hydrogens is 252 g/mol. The Hall–Kier alpha value is -1.36. The molecule has 1 amide bonds. The maximum atomic E-state index is 11.8. The van der Waals surface area contributed by atoms with Crippen LogP contribution in [0.2, 0.25) is 0 Å². The van der Waals surface area contributed by atoms with Gasteiger partial charge in [-0.3, -0.25) is 14.4 Å².